The number of carbonyl (C=O) groups excluding carboxylic acids is 1. The second kappa shape index (κ2) is 11.1. The van der Waals surface area contributed by atoms with Crippen molar-refractivity contribution < 1.29 is 9.53 Å². The van der Waals surface area contributed by atoms with Crippen LogP contribution < -0.4 is 10.5 Å². The molecule has 3 rings (SSSR count). The van der Waals surface area contributed by atoms with Gasteiger partial charge >= 0.3 is 0 Å². The standard InChI is InChI=1S/C23H30N4O3S2/c1-4-9-26-20(25-10-7-5-6-8-11-25)17(16(2)18(15-24)21(26)28)14-19-22(29)27(12-13-30-3)23(31)32-19/h14H,4-13H2,1-3H3/b19-14-. The van der Waals surface area contributed by atoms with Gasteiger partial charge in [0.15, 0.2) is 0 Å². The zero-order chi connectivity index (χ0) is 23.3. The third-order valence-corrected chi connectivity index (χ3v) is 7.25. The largest absolute Gasteiger partial charge is 0.383 e. The Kier molecular flexibility index (Phi) is 8.51. The van der Waals surface area contributed by atoms with Gasteiger partial charge in [-0.2, -0.15) is 5.26 Å². The van der Waals surface area contributed by atoms with Crippen molar-refractivity contribution >= 4 is 46.1 Å². The molecule has 0 unspecified atom stereocenters. The van der Waals surface area contributed by atoms with Crippen molar-refractivity contribution in [3.63, 3.8) is 0 Å². The van der Waals surface area contributed by atoms with Gasteiger partial charge in [0, 0.05) is 32.3 Å². The van der Waals surface area contributed by atoms with Crippen LogP contribution in [0, 0.1) is 18.3 Å². The maximum atomic E-state index is 13.2. The minimum atomic E-state index is -0.254. The summed E-state index contributed by atoms with van der Waals surface area (Å²) in [4.78, 5) is 30.6. The van der Waals surface area contributed by atoms with E-state index in [1.54, 1.807) is 23.5 Å². The number of anilines is 1. The van der Waals surface area contributed by atoms with Gasteiger partial charge in [-0.05, 0) is 37.8 Å². The highest BCUT2D eigenvalue weighted by molar-refractivity contribution is 8.26. The second-order valence-electron chi connectivity index (χ2n) is 8.03. The van der Waals surface area contributed by atoms with Gasteiger partial charge in [-0.25, -0.2) is 0 Å². The number of carbonyl (C=O) groups is 1. The number of methoxy groups -OCH3 is 1. The summed E-state index contributed by atoms with van der Waals surface area (Å²) in [5.74, 6) is 0.655. The number of aromatic nitrogens is 1. The number of rotatable bonds is 7. The van der Waals surface area contributed by atoms with Crippen LogP contribution in [0.3, 0.4) is 0 Å². The molecular formula is C23H30N4O3S2. The molecule has 1 aromatic heterocycles. The summed E-state index contributed by atoms with van der Waals surface area (Å²) in [6.07, 6.45) is 7.03. The smallest absolute Gasteiger partial charge is 0.270 e. The Morgan fingerprint density at radius 2 is 1.88 bits per heavy atom. The maximum absolute atomic E-state index is 13.2. The van der Waals surface area contributed by atoms with E-state index in [9.17, 15) is 14.9 Å². The van der Waals surface area contributed by atoms with Crippen molar-refractivity contribution in [2.45, 2.75) is 52.5 Å². The Bertz CT molecular complexity index is 1020. The second-order valence-corrected chi connectivity index (χ2v) is 9.71. The predicted molar refractivity (Wildman–Crippen MR) is 133 cm³/mol. The first-order valence-corrected chi connectivity index (χ1v) is 12.3. The van der Waals surface area contributed by atoms with Crippen LogP contribution in [-0.4, -0.2) is 53.0 Å². The van der Waals surface area contributed by atoms with Crippen LogP contribution in [0.4, 0.5) is 5.82 Å². The fourth-order valence-electron chi connectivity index (χ4n) is 4.20. The lowest BCUT2D eigenvalue weighted by atomic mass is 10.0. The molecule has 0 bridgehead atoms. The van der Waals surface area contributed by atoms with Crippen molar-refractivity contribution in [3.05, 3.63) is 31.9 Å². The quantitative estimate of drug-likeness (QED) is 0.441. The summed E-state index contributed by atoms with van der Waals surface area (Å²) >= 11 is 6.68. The molecular weight excluding hydrogens is 444 g/mol. The van der Waals surface area contributed by atoms with Crippen LogP contribution in [0.15, 0.2) is 9.70 Å². The lowest BCUT2D eigenvalue weighted by Crippen LogP contribution is -2.35. The number of hydrogen-bond donors (Lipinski definition) is 0. The van der Waals surface area contributed by atoms with Gasteiger partial charge in [-0.3, -0.25) is 19.1 Å². The number of nitriles is 1. The Hall–Kier alpha value is -2.15. The molecule has 0 aliphatic carbocycles. The van der Waals surface area contributed by atoms with Crippen molar-refractivity contribution in [3.8, 4) is 6.07 Å². The fourth-order valence-corrected chi connectivity index (χ4v) is 5.50. The van der Waals surface area contributed by atoms with Gasteiger partial charge in [0.1, 0.15) is 21.8 Å². The molecule has 2 aliphatic heterocycles. The molecule has 0 atom stereocenters. The van der Waals surface area contributed by atoms with Crippen molar-refractivity contribution in [2.75, 3.05) is 38.3 Å². The molecule has 9 heteroatoms. The van der Waals surface area contributed by atoms with Gasteiger partial charge < -0.3 is 9.64 Å². The summed E-state index contributed by atoms with van der Waals surface area (Å²) in [7, 11) is 1.59. The first-order valence-electron chi connectivity index (χ1n) is 11.1. The van der Waals surface area contributed by atoms with Crippen LogP contribution in [-0.2, 0) is 16.1 Å². The Labute approximate surface area is 199 Å². The normalized spacial score (nSPS) is 18.4. The van der Waals surface area contributed by atoms with Crippen molar-refractivity contribution in [2.24, 2.45) is 0 Å². The molecule has 1 amide bonds. The maximum Gasteiger partial charge on any atom is 0.270 e. The third kappa shape index (κ3) is 4.92. The average Bonchev–Trinajstić information content (AvgIpc) is 2.95. The van der Waals surface area contributed by atoms with Gasteiger partial charge in [-0.15, -0.1) is 0 Å². The van der Waals surface area contributed by atoms with Gasteiger partial charge in [0.25, 0.3) is 11.5 Å². The minimum absolute atomic E-state index is 0.137. The monoisotopic (exact) mass is 474 g/mol. The van der Waals surface area contributed by atoms with Crippen molar-refractivity contribution in [1.82, 2.24) is 9.47 Å². The molecule has 0 spiro atoms. The first-order chi connectivity index (χ1) is 15.4. The molecule has 2 aliphatic rings. The number of pyridine rings is 1. The molecule has 0 radical (unpaired) electrons. The molecule has 0 aromatic carbocycles. The highest BCUT2D eigenvalue weighted by Crippen LogP contribution is 2.36. The Balaban J connectivity index is 2.19. The molecule has 32 heavy (non-hydrogen) atoms. The zero-order valence-corrected chi connectivity index (χ0v) is 20.6. The molecule has 0 N–H and O–H groups in total. The summed E-state index contributed by atoms with van der Waals surface area (Å²) in [6, 6.07) is 2.10. The van der Waals surface area contributed by atoms with Crippen LogP contribution in [0.5, 0.6) is 0 Å². The van der Waals surface area contributed by atoms with Crippen LogP contribution in [0.2, 0.25) is 0 Å². The lowest BCUT2D eigenvalue weighted by molar-refractivity contribution is -0.122. The van der Waals surface area contributed by atoms with E-state index >= 15 is 0 Å². The summed E-state index contributed by atoms with van der Waals surface area (Å²) < 4.78 is 7.33. The van der Waals surface area contributed by atoms with E-state index in [0.29, 0.717) is 34.5 Å². The van der Waals surface area contributed by atoms with Gasteiger partial charge in [-0.1, -0.05) is 43.7 Å². The third-order valence-electron chi connectivity index (χ3n) is 5.87. The number of thioether (sulfide) groups is 1. The number of hydrogen-bond acceptors (Lipinski definition) is 7. The highest BCUT2D eigenvalue weighted by Gasteiger charge is 2.33. The van der Waals surface area contributed by atoms with E-state index in [0.717, 1.165) is 56.6 Å². The SMILES string of the molecule is CCCn1c(N2CCCCCC2)c(/C=C2\SC(=S)N(CCOC)C2=O)c(C)c(C#N)c1=O. The van der Waals surface area contributed by atoms with Gasteiger partial charge in [0.05, 0.1) is 18.1 Å². The topological polar surface area (TPSA) is 78.6 Å². The highest BCUT2D eigenvalue weighted by atomic mass is 32.2. The minimum Gasteiger partial charge on any atom is -0.383 e. The number of amides is 1. The van der Waals surface area contributed by atoms with E-state index in [2.05, 4.69) is 11.0 Å². The molecule has 7 nitrogen and oxygen atoms in total. The van der Waals surface area contributed by atoms with E-state index in [4.69, 9.17) is 17.0 Å². The van der Waals surface area contributed by atoms with Crippen LogP contribution >= 0.6 is 24.0 Å². The molecule has 0 saturated carbocycles. The Morgan fingerprint density at radius 1 is 1.19 bits per heavy atom. The first kappa shape index (κ1) is 24.5. The molecule has 172 valence electrons. The number of nitrogens with zero attached hydrogens (tertiary/aromatic N) is 4. The van der Waals surface area contributed by atoms with E-state index in [1.165, 1.54) is 11.8 Å². The fraction of sp³-hybridized carbons (Fsp3) is 0.565. The Morgan fingerprint density at radius 3 is 2.47 bits per heavy atom. The van der Waals surface area contributed by atoms with Crippen molar-refractivity contribution in [1.29, 1.82) is 5.26 Å². The number of ether oxygens (including phenoxy) is 1. The molecule has 3 heterocycles. The average molecular weight is 475 g/mol. The van der Waals surface area contributed by atoms with E-state index in [1.807, 2.05) is 13.0 Å². The molecule has 2 saturated heterocycles. The molecule has 1 aromatic rings. The zero-order valence-electron chi connectivity index (χ0n) is 19.0. The molecule has 2 fully saturated rings. The summed E-state index contributed by atoms with van der Waals surface area (Å²) in [5, 5.41) is 9.74. The number of thiocarbonyl (C=S) groups is 1. The lowest BCUT2D eigenvalue weighted by Gasteiger charge is -2.29. The predicted octanol–water partition coefficient (Wildman–Crippen LogP) is 3.67. The summed E-state index contributed by atoms with van der Waals surface area (Å²) in [6.45, 7) is 6.84. The van der Waals surface area contributed by atoms with Crippen LogP contribution in [0.25, 0.3) is 6.08 Å². The summed E-state index contributed by atoms with van der Waals surface area (Å²) in [5.41, 5.74) is 1.27. The van der Waals surface area contributed by atoms with Gasteiger partial charge in [0.2, 0.25) is 0 Å². The van der Waals surface area contributed by atoms with Crippen LogP contribution in [0.1, 0.15) is 55.7 Å². The van der Waals surface area contributed by atoms with E-state index in [-0.39, 0.29) is 17.0 Å². The van der Waals surface area contributed by atoms with E-state index < -0.39 is 0 Å².